The maximum atomic E-state index is 5.46. The SMILES string of the molecule is Cc1nnc(COCC2CCCN2)o1. The molecule has 0 amide bonds. The molecule has 14 heavy (non-hydrogen) atoms. The van der Waals surface area contributed by atoms with E-state index >= 15 is 0 Å². The predicted molar refractivity (Wildman–Crippen MR) is 49.7 cm³/mol. The van der Waals surface area contributed by atoms with Gasteiger partial charge in [-0.2, -0.15) is 0 Å². The van der Waals surface area contributed by atoms with Gasteiger partial charge in [0, 0.05) is 13.0 Å². The molecular weight excluding hydrogens is 182 g/mol. The molecule has 2 rings (SSSR count). The van der Waals surface area contributed by atoms with Crippen molar-refractivity contribution >= 4 is 0 Å². The highest BCUT2D eigenvalue weighted by molar-refractivity contribution is 4.77. The molecule has 2 heterocycles. The van der Waals surface area contributed by atoms with Crippen molar-refractivity contribution in [3.05, 3.63) is 11.8 Å². The van der Waals surface area contributed by atoms with Crippen LogP contribution in [0.2, 0.25) is 0 Å². The van der Waals surface area contributed by atoms with Gasteiger partial charge in [0.15, 0.2) is 0 Å². The summed E-state index contributed by atoms with van der Waals surface area (Å²) in [5.41, 5.74) is 0. The zero-order chi connectivity index (χ0) is 9.80. The molecule has 1 fully saturated rings. The number of nitrogens with zero attached hydrogens (tertiary/aromatic N) is 2. The normalized spacial score (nSPS) is 21.6. The van der Waals surface area contributed by atoms with Gasteiger partial charge in [-0.25, -0.2) is 0 Å². The van der Waals surface area contributed by atoms with Crippen molar-refractivity contribution < 1.29 is 9.15 Å². The van der Waals surface area contributed by atoms with E-state index in [-0.39, 0.29) is 0 Å². The summed E-state index contributed by atoms with van der Waals surface area (Å²) < 4.78 is 10.6. The summed E-state index contributed by atoms with van der Waals surface area (Å²) in [6.45, 7) is 4.02. The third-order valence-corrected chi connectivity index (χ3v) is 2.27. The smallest absolute Gasteiger partial charge is 0.242 e. The summed E-state index contributed by atoms with van der Waals surface area (Å²) in [6.07, 6.45) is 2.44. The molecule has 0 spiro atoms. The molecule has 1 aliphatic rings. The van der Waals surface area contributed by atoms with Crippen LogP contribution in [-0.4, -0.2) is 29.4 Å². The van der Waals surface area contributed by atoms with E-state index in [0.717, 1.165) is 13.2 Å². The van der Waals surface area contributed by atoms with Crippen LogP contribution in [0.3, 0.4) is 0 Å². The van der Waals surface area contributed by atoms with Gasteiger partial charge in [-0.15, -0.1) is 10.2 Å². The van der Waals surface area contributed by atoms with Crippen LogP contribution in [0.1, 0.15) is 24.6 Å². The van der Waals surface area contributed by atoms with Crippen LogP contribution in [0.15, 0.2) is 4.42 Å². The molecule has 1 aliphatic heterocycles. The summed E-state index contributed by atoms with van der Waals surface area (Å²) in [5, 5.41) is 10.9. The molecule has 1 atom stereocenters. The van der Waals surface area contributed by atoms with Crippen molar-refractivity contribution in [3.63, 3.8) is 0 Å². The van der Waals surface area contributed by atoms with Crippen LogP contribution >= 0.6 is 0 Å². The molecule has 5 heteroatoms. The highest BCUT2D eigenvalue weighted by atomic mass is 16.5. The number of aryl methyl sites for hydroxylation is 1. The highest BCUT2D eigenvalue weighted by Crippen LogP contribution is 2.06. The third-order valence-electron chi connectivity index (χ3n) is 2.27. The van der Waals surface area contributed by atoms with Crippen LogP contribution in [-0.2, 0) is 11.3 Å². The Balaban J connectivity index is 1.67. The number of ether oxygens (including phenoxy) is 1. The topological polar surface area (TPSA) is 60.2 Å². The molecule has 0 radical (unpaired) electrons. The van der Waals surface area contributed by atoms with Crippen LogP contribution in [0.5, 0.6) is 0 Å². The fourth-order valence-electron chi connectivity index (χ4n) is 1.58. The van der Waals surface area contributed by atoms with Gasteiger partial charge in [-0.05, 0) is 19.4 Å². The minimum Gasteiger partial charge on any atom is -0.423 e. The molecular formula is C9H15N3O2. The van der Waals surface area contributed by atoms with E-state index in [4.69, 9.17) is 9.15 Å². The first-order valence-corrected chi connectivity index (χ1v) is 4.95. The van der Waals surface area contributed by atoms with E-state index in [9.17, 15) is 0 Å². The molecule has 0 bridgehead atoms. The standard InChI is InChI=1S/C9H15N3O2/c1-7-11-12-9(14-7)6-13-5-8-3-2-4-10-8/h8,10H,2-6H2,1H3. The molecule has 1 unspecified atom stereocenters. The van der Waals surface area contributed by atoms with Crippen LogP contribution in [0.25, 0.3) is 0 Å². The molecule has 78 valence electrons. The number of aromatic nitrogens is 2. The van der Waals surface area contributed by atoms with Crippen LogP contribution in [0, 0.1) is 6.92 Å². The van der Waals surface area contributed by atoms with Crippen LogP contribution in [0.4, 0.5) is 0 Å². The minimum atomic E-state index is 0.416. The molecule has 0 aromatic carbocycles. The van der Waals surface area contributed by atoms with Gasteiger partial charge < -0.3 is 14.5 Å². The lowest BCUT2D eigenvalue weighted by molar-refractivity contribution is 0.0867. The van der Waals surface area contributed by atoms with Crippen LogP contribution < -0.4 is 5.32 Å². The second-order valence-electron chi connectivity index (χ2n) is 3.52. The van der Waals surface area contributed by atoms with Crippen molar-refractivity contribution in [2.75, 3.05) is 13.2 Å². The summed E-state index contributed by atoms with van der Waals surface area (Å²) >= 11 is 0. The van der Waals surface area contributed by atoms with Gasteiger partial charge in [0.2, 0.25) is 11.8 Å². The second-order valence-corrected chi connectivity index (χ2v) is 3.52. The maximum Gasteiger partial charge on any atom is 0.242 e. The quantitative estimate of drug-likeness (QED) is 0.767. The molecule has 1 N–H and O–H groups in total. The number of rotatable bonds is 4. The van der Waals surface area contributed by atoms with Gasteiger partial charge in [-0.1, -0.05) is 0 Å². The van der Waals surface area contributed by atoms with Gasteiger partial charge in [0.25, 0.3) is 0 Å². The Labute approximate surface area is 82.8 Å². The molecule has 1 aromatic rings. The van der Waals surface area contributed by atoms with Crippen molar-refractivity contribution in [1.82, 2.24) is 15.5 Å². The van der Waals surface area contributed by atoms with Gasteiger partial charge in [0.05, 0.1) is 6.61 Å². The zero-order valence-corrected chi connectivity index (χ0v) is 8.32. The van der Waals surface area contributed by atoms with E-state index in [1.165, 1.54) is 12.8 Å². The predicted octanol–water partition coefficient (Wildman–Crippen LogP) is 0.647. The maximum absolute atomic E-state index is 5.46. The molecule has 1 aromatic heterocycles. The Morgan fingerprint density at radius 2 is 2.50 bits per heavy atom. The summed E-state index contributed by atoms with van der Waals surface area (Å²) in [6, 6.07) is 0.499. The van der Waals surface area contributed by atoms with E-state index in [1.54, 1.807) is 6.92 Å². The number of hydrogen-bond donors (Lipinski definition) is 1. The first kappa shape index (κ1) is 9.61. The zero-order valence-electron chi connectivity index (χ0n) is 8.32. The van der Waals surface area contributed by atoms with Crippen molar-refractivity contribution in [1.29, 1.82) is 0 Å². The minimum absolute atomic E-state index is 0.416. The lowest BCUT2D eigenvalue weighted by Gasteiger charge is -2.08. The third kappa shape index (κ3) is 2.52. The Kier molecular flexibility index (Phi) is 3.10. The lowest BCUT2D eigenvalue weighted by Crippen LogP contribution is -2.26. The van der Waals surface area contributed by atoms with Crippen molar-refractivity contribution in [2.45, 2.75) is 32.4 Å². The van der Waals surface area contributed by atoms with Crippen molar-refractivity contribution in [3.8, 4) is 0 Å². The molecule has 1 saturated heterocycles. The van der Waals surface area contributed by atoms with E-state index in [2.05, 4.69) is 15.5 Å². The summed E-state index contributed by atoms with van der Waals surface area (Å²) in [4.78, 5) is 0. The molecule has 0 aliphatic carbocycles. The van der Waals surface area contributed by atoms with Crippen molar-refractivity contribution in [2.24, 2.45) is 0 Å². The lowest BCUT2D eigenvalue weighted by atomic mass is 10.2. The summed E-state index contributed by atoms with van der Waals surface area (Å²) in [7, 11) is 0. The second kappa shape index (κ2) is 4.52. The highest BCUT2D eigenvalue weighted by Gasteiger charge is 2.14. The molecule has 0 saturated carbocycles. The molecule has 5 nitrogen and oxygen atoms in total. The van der Waals surface area contributed by atoms with Gasteiger partial charge >= 0.3 is 0 Å². The average Bonchev–Trinajstić information content (AvgIpc) is 2.77. The Morgan fingerprint density at radius 3 is 3.14 bits per heavy atom. The van der Waals surface area contributed by atoms with E-state index < -0.39 is 0 Å². The number of nitrogens with one attached hydrogen (secondary N) is 1. The van der Waals surface area contributed by atoms with Gasteiger partial charge in [0.1, 0.15) is 6.61 Å². The van der Waals surface area contributed by atoms with E-state index in [0.29, 0.717) is 24.4 Å². The largest absolute Gasteiger partial charge is 0.423 e. The Morgan fingerprint density at radius 1 is 1.57 bits per heavy atom. The van der Waals surface area contributed by atoms with E-state index in [1.807, 2.05) is 0 Å². The first-order chi connectivity index (χ1) is 6.84. The summed E-state index contributed by atoms with van der Waals surface area (Å²) in [5.74, 6) is 1.14. The monoisotopic (exact) mass is 197 g/mol. The Bertz CT molecular complexity index is 281. The fraction of sp³-hybridized carbons (Fsp3) is 0.778. The number of hydrogen-bond acceptors (Lipinski definition) is 5. The fourth-order valence-corrected chi connectivity index (χ4v) is 1.58. The van der Waals surface area contributed by atoms with Gasteiger partial charge in [-0.3, -0.25) is 0 Å². The Hall–Kier alpha value is -0.940. The average molecular weight is 197 g/mol. The first-order valence-electron chi connectivity index (χ1n) is 4.95.